The Labute approximate surface area is 157 Å². The fourth-order valence-electron chi connectivity index (χ4n) is 3.20. The molecule has 2 aromatic rings. The summed E-state index contributed by atoms with van der Waals surface area (Å²) < 4.78 is 5.20. The number of hydrogen-bond donors (Lipinski definition) is 0. The second kappa shape index (κ2) is 7.75. The third kappa shape index (κ3) is 3.86. The fourth-order valence-corrected chi connectivity index (χ4v) is 3.46. The molecule has 0 unspecified atom stereocenters. The van der Waals surface area contributed by atoms with Gasteiger partial charge in [-0.25, -0.2) is 4.57 Å². The Morgan fingerprint density at radius 1 is 1.08 bits per heavy atom. The van der Waals surface area contributed by atoms with Gasteiger partial charge in [-0.1, -0.05) is 45.9 Å². The minimum absolute atomic E-state index is 0.374. The number of imidazole rings is 1. The minimum Gasteiger partial charge on any atom is -0.432 e. The SMILES string of the molecule is CC(C)c1cccc(C(C)C)c1-n1cc[n+](C(C)C)c1CC(=S)[S-]. The molecular formula is C20H28N2S2. The van der Waals surface area contributed by atoms with E-state index in [4.69, 9.17) is 24.8 Å². The van der Waals surface area contributed by atoms with Crippen LogP contribution < -0.4 is 4.57 Å². The van der Waals surface area contributed by atoms with Crippen LogP contribution in [0.2, 0.25) is 0 Å². The summed E-state index contributed by atoms with van der Waals surface area (Å²) in [6, 6.07) is 7.02. The molecule has 0 aliphatic heterocycles. The van der Waals surface area contributed by atoms with Crippen LogP contribution in [0.25, 0.3) is 5.69 Å². The Bertz CT molecular complexity index is 701. The lowest BCUT2D eigenvalue weighted by atomic mass is 9.92. The van der Waals surface area contributed by atoms with Gasteiger partial charge in [-0.05, 0) is 25.7 Å². The van der Waals surface area contributed by atoms with Crippen LogP contribution in [-0.2, 0) is 19.0 Å². The van der Waals surface area contributed by atoms with E-state index in [2.05, 4.69) is 81.3 Å². The monoisotopic (exact) mass is 360 g/mol. The highest BCUT2D eigenvalue weighted by Gasteiger charge is 2.25. The first-order chi connectivity index (χ1) is 11.2. The summed E-state index contributed by atoms with van der Waals surface area (Å²) in [6.45, 7) is 13.4. The zero-order valence-corrected chi connectivity index (χ0v) is 17.2. The molecule has 2 nitrogen and oxygen atoms in total. The van der Waals surface area contributed by atoms with Gasteiger partial charge in [-0.2, -0.15) is 4.57 Å². The number of aromatic nitrogens is 2. The molecule has 24 heavy (non-hydrogen) atoms. The number of hydrogen-bond acceptors (Lipinski definition) is 2. The van der Waals surface area contributed by atoms with E-state index in [0.29, 0.717) is 28.5 Å². The average molecular weight is 361 g/mol. The molecule has 0 aliphatic rings. The summed E-state index contributed by atoms with van der Waals surface area (Å²) in [4.78, 5) is 0. The van der Waals surface area contributed by atoms with Crippen molar-refractivity contribution in [3.05, 3.63) is 47.5 Å². The molecule has 0 spiro atoms. The predicted octanol–water partition coefficient (Wildman–Crippen LogP) is 5.01. The maximum Gasteiger partial charge on any atom is 0.264 e. The van der Waals surface area contributed by atoms with Crippen molar-refractivity contribution in [1.82, 2.24) is 4.57 Å². The molecule has 0 fully saturated rings. The molecule has 1 heterocycles. The van der Waals surface area contributed by atoms with Crippen molar-refractivity contribution in [3.8, 4) is 5.69 Å². The molecule has 0 N–H and O–H groups in total. The number of nitrogens with zero attached hydrogens (tertiary/aromatic N) is 2. The van der Waals surface area contributed by atoms with Gasteiger partial charge in [-0.3, -0.25) is 0 Å². The van der Waals surface area contributed by atoms with Gasteiger partial charge in [0.2, 0.25) is 0 Å². The molecule has 0 saturated heterocycles. The fraction of sp³-hybridized carbons (Fsp3) is 0.500. The Kier molecular flexibility index (Phi) is 6.16. The van der Waals surface area contributed by atoms with Crippen LogP contribution in [0.1, 0.15) is 76.4 Å². The molecule has 0 amide bonds. The largest absolute Gasteiger partial charge is 0.432 e. The van der Waals surface area contributed by atoms with Crippen LogP contribution in [-0.4, -0.2) is 8.76 Å². The Balaban J connectivity index is 2.78. The molecule has 130 valence electrons. The van der Waals surface area contributed by atoms with E-state index in [9.17, 15) is 0 Å². The first-order valence-electron chi connectivity index (χ1n) is 8.68. The summed E-state index contributed by atoms with van der Waals surface area (Å²) in [7, 11) is 0. The number of benzene rings is 1. The minimum atomic E-state index is 0.374. The van der Waals surface area contributed by atoms with Crippen LogP contribution in [0.3, 0.4) is 0 Å². The van der Waals surface area contributed by atoms with Gasteiger partial charge in [0.15, 0.2) is 0 Å². The van der Waals surface area contributed by atoms with Gasteiger partial charge in [0.25, 0.3) is 5.82 Å². The molecule has 1 aromatic carbocycles. The van der Waals surface area contributed by atoms with E-state index in [1.54, 1.807) is 0 Å². The maximum absolute atomic E-state index is 5.26. The zero-order chi connectivity index (χ0) is 18.0. The van der Waals surface area contributed by atoms with Crippen molar-refractivity contribution in [1.29, 1.82) is 0 Å². The highest BCUT2D eigenvalue weighted by molar-refractivity contribution is 8.00. The third-order valence-corrected chi connectivity index (χ3v) is 4.68. The lowest BCUT2D eigenvalue weighted by Gasteiger charge is -2.18. The molecule has 4 heteroatoms. The van der Waals surface area contributed by atoms with Crippen molar-refractivity contribution >= 4 is 29.0 Å². The van der Waals surface area contributed by atoms with E-state index in [1.165, 1.54) is 22.6 Å². The van der Waals surface area contributed by atoms with Crippen molar-refractivity contribution in [2.24, 2.45) is 0 Å². The summed E-state index contributed by atoms with van der Waals surface area (Å²) in [5.41, 5.74) is 4.02. The summed E-state index contributed by atoms with van der Waals surface area (Å²) in [5, 5.41) is 0. The Morgan fingerprint density at radius 3 is 2.04 bits per heavy atom. The lowest BCUT2D eigenvalue weighted by molar-refractivity contribution is -0.721. The maximum atomic E-state index is 5.26. The third-order valence-electron chi connectivity index (χ3n) is 4.39. The van der Waals surface area contributed by atoms with Gasteiger partial charge in [0.05, 0.1) is 12.5 Å². The second-order valence-corrected chi connectivity index (χ2v) is 8.47. The van der Waals surface area contributed by atoms with Gasteiger partial charge in [-0.15, -0.1) is 4.20 Å². The highest BCUT2D eigenvalue weighted by atomic mass is 32.1. The molecule has 0 radical (unpaired) electrons. The van der Waals surface area contributed by atoms with Gasteiger partial charge < -0.3 is 24.8 Å². The van der Waals surface area contributed by atoms with Crippen LogP contribution in [0.4, 0.5) is 0 Å². The standard InChI is InChI=1S/C20H28N2S2/c1-13(2)16-8-7-9-17(14(3)4)20(16)22-11-10-21(15(5)6)18(22)12-19(23)24/h7-11,13-15H,12H2,1-6H3. The van der Waals surface area contributed by atoms with Gasteiger partial charge in [0, 0.05) is 11.1 Å². The molecule has 0 aliphatic carbocycles. The zero-order valence-electron chi connectivity index (χ0n) is 15.5. The van der Waals surface area contributed by atoms with Crippen molar-refractivity contribution in [2.75, 3.05) is 0 Å². The molecule has 0 saturated carbocycles. The van der Waals surface area contributed by atoms with Crippen molar-refractivity contribution in [3.63, 3.8) is 0 Å². The smallest absolute Gasteiger partial charge is 0.264 e. The van der Waals surface area contributed by atoms with Crippen LogP contribution in [0, 0.1) is 0 Å². The topological polar surface area (TPSA) is 8.81 Å². The average Bonchev–Trinajstić information content (AvgIpc) is 2.88. The van der Waals surface area contributed by atoms with E-state index in [0.717, 1.165) is 0 Å². The van der Waals surface area contributed by atoms with Crippen molar-refractivity contribution in [2.45, 2.75) is 65.8 Å². The molecule has 1 aromatic heterocycles. The first-order valence-corrected chi connectivity index (χ1v) is 9.50. The molecular weight excluding hydrogens is 332 g/mol. The second-order valence-electron chi connectivity index (χ2n) is 7.23. The lowest BCUT2D eigenvalue weighted by Crippen LogP contribution is -2.40. The molecule has 2 rings (SSSR count). The Hall–Kier alpha value is -1.26. The molecule has 0 atom stereocenters. The summed E-state index contributed by atoms with van der Waals surface area (Å²) in [6.07, 6.45) is 4.95. The highest BCUT2D eigenvalue weighted by Crippen LogP contribution is 2.31. The van der Waals surface area contributed by atoms with Crippen LogP contribution >= 0.6 is 12.2 Å². The first kappa shape index (κ1) is 19.1. The summed E-state index contributed by atoms with van der Waals surface area (Å²) >= 11 is 10.5. The number of thiocarbonyl (C=S) groups is 1. The predicted molar refractivity (Wildman–Crippen MR) is 108 cm³/mol. The van der Waals surface area contributed by atoms with E-state index in [1.807, 2.05) is 0 Å². The van der Waals surface area contributed by atoms with Crippen molar-refractivity contribution < 1.29 is 4.57 Å². The quantitative estimate of drug-likeness (QED) is 0.407. The van der Waals surface area contributed by atoms with Gasteiger partial charge in [0.1, 0.15) is 18.1 Å². The van der Waals surface area contributed by atoms with Crippen LogP contribution in [0.5, 0.6) is 0 Å². The summed E-state index contributed by atoms with van der Waals surface area (Å²) in [5.74, 6) is 2.08. The molecule has 0 bridgehead atoms. The number of rotatable bonds is 6. The van der Waals surface area contributed by atoms with Gasteiger partial charge >= 0.3 is 0 Å². The van der Waals surface area contributed by atoms with Crippen LogP contribution in [0.15, 0.2) is 30.6 Å². The van der Waals surface area contributed by atoms with E-state index < -0.39 is 0 Å². The van der Waals surface area contributed by atoms with E-state index >= 15 is 0 Å². The normalized spacial score (nSPS) is 11.7. The Morgan fingerprint density at radius 2 is 1.62 bits per heavy atom. The van der Waals surface area contributed by atoms with E-state index in [-0.39, 0.29) is 0 Å². The number of para-hydroxylation sites is 1.